The molecule has 0 radical (unpaired) electrons. The molecule has 0 aromatic heterocycles. The highest BCUT2D eigenvalue weighted by Gasteiger charge is 2.38. The number of hydrogen-bond acceptors (Lipinski definition) is 2. The highest BCUT2D eigenvalue weighted by Crippen LogP contribution is 2.37. The lowest BCUT2D eigenvalue weighted by Gasteiger charge is -2.36. The van der Waals surface area contributed by atoms with Crippen molar-refractivity contribution in [1.82, 2.24) is 0 Å². The molecule has 0 saturated carbocycles. The largest absolute Gasteiger partial charge is 0.413 e. The van der Waals surface area contributed by atoms with Gasteiger partial charge in [-0.15, -0.1) is 0 Å². The van der Waals surface area contributed by atoms with Crippen molar-refractivity contribution >= 4 is 35.8 Å². The lowest BCUT2D eigenvalue weighted by atomic mass is 10.2. The summed E-state index contributed by atoms with van der Waals surface area (Å²) in [7, 11) is -1.83. The molecule has 1 aromatic rings. The van der Waals surface area contributed by atoms with Gasteiger partial charge in [-0.25, -0.2) is 0 Å². The molecule has 1 rings (SSSR count). The van der Waals surface area contributed by atoms with Crippen molar-refractivity contribution in [1.29, 1.82) is 0 Å². The summed E-state index contributed by atoms with van der Waals surface area (Å²) in [5.74, 6) is -4.75. The van der Waals surface area contributed by atoms with Crippen LogP contribution in [-0.4, -0.2) is 25.5 Å². The van der Waals surface area contributed by atoms with Crippen molar-refractivity contribution in [2.24, 2.45) is 0 Å². The van der Waals surface area contributed by atoms with Crippen LogP contribution in [0.4, 0.5) is 14.5 Å². The van der Waals surface area contributed by atoms with Gasteiger partial charge in [0.25, 0.3) is 5.91 Å². The van der Waals surface area contributed by atoms with Crippen LogP contribution in [0.25, 0.3) is 0 Å². The van der Waals surface area contributed by atoms with Gasteiger partial charge in [0.15, 0.2) is 8.32 Å². The fourth-order valence-corrected chi connectivity index (χ4v) is 2.66. The second-order valence-electron chi connectivity index (χ2n) is 7.04. The third-order valence-electron chi connectivity index (χ3n) is 4.12. The Labute approximate surface area is 146 Å². The van der Waals surface area contributed by atoms with Crippen molar-refractivity contribution in [2.75, 3.05) is 10.6 Å². The van der Waals surface area contributed by atoms with E-state index in [0.717, 1.165) is 5.56 Å². The van der Waals surface area contributed by atoms with Gasteiger partial charge in [0.1, 0.15) is 0 Å². The third-order valence-corrected chi connectivity index (χ3v) is 9.30. The molecule has 0 saturated heterocycles. The summed E-state index contributed by atoms with van der Waals surface area (Å²) in [4.78, 5) is 11.4. The molecular formula is C16H24BrF2NO2Si. The summed E-state index contributed by atoms with van der Waals surface area (Å²) in [5, 5.41) is 1.63. The number of anilines is 1. The van der Waals surface area contributed by atoms with E-state index in [0.29, 0.717) is 12.3 Å². The number of carbonyl (C=O) groups is 1. The molecule has 1 amide bonds. The molecule has 0 aliphatic rings. The fraction of sp³-hybridized carbons (Fsp3) is 0.562. The zero-order valence-electron chi connectivity index (χ0n) is 14.2. The summed E-state index contributed by atoms with van der Waals surface area (Å²) in [5.41, 5.74) is 1.28. The molecular weight excluding hydrogens is 384 g/mol. The molecule has 0 fully saturated rings. The van der Waals surface area contributed by atoms with Gasteiger partial charge >= 0.3 is 5.92 Å². The quantitative estimate of drug-likeness (QED) is 0.521. The second-order valence-corrected chi connectivity index (χ2v) is 12.4. The van der Waals surface area contributed by atoms with E-state index in [1.54, 1.807) is 24.3 Å². The second kappa shape index (κ2) is 7.40. The summed E-state index contributed by atoms with van der Waals surface area (Å²) in [6.45, 7) is 11.3. The van der Waals surface area contributed by atoms with E-state index in [1.807, 2.05) is 0 Å². The number of amides is 1. The molecule has 1 N–H and O–H groups in total. The van der Waals surface area contributed by atoms with Crippen LogP contribution in [0.2, 0.25) is 18.1 Å². The monoisotopic (exact) mass is 407 g/mol. The first-order valence-corrected chi connectivity index (χ1v) is 11.4. The van der Waals surface area contributed by atoms with E-state index in [9.17, 15) is 13.6 Å². The smallest absolute Gasteiger partial charge is 0.334 e. The number of alkyl halides is 3. The van der Waals surface area contributed by atoms with Crippen molar-refractivity contribution in [3.05, 3.63) is 29.8 Å². The topological polar surface area (TPSA) is 38.3 Å². The average Bonchev–Trinajstić information content (AvgIpc) is 2.45. The maximum atomic E-state index is 13.2. The predicted octanol–water partition coefficient (Wildman–Crippen LogP) is 5.18. The maximum absolute atomic E-state index is 13.2. The van der Waals surface area contributed by atoms with Crippen LogP contribution in [0, 0.1) is 0 Å². The Hall–Kier alpha value is -0.793. The van der Waals surface area contributed by atoms with Gasteiger partial charge in [0.05, 0.1) is 11.9 Å². The molecule has 7 heteroatoms. The predicted molar refractivity (Wildman–Crippen MR) is 95.8 cm³/mol. The summed E-state index contributed by atoms with van der Waals surface area (Å²) in [6, 6.07) is 6.75. The molecule has 0 heterocycles. The first-order valence-electron chi connectivity index (χ1n) is 7.37. The van der Waals surface area contributed by atoms with Crippen LogP contribution < -0.4 is 5.32 Å². The van der Waals surface area contributed by atoms with Gasteiger partial charge in [-0.2, -0.15) is 8.78 Å². The number of halogens is 3. The molecule has 130 valence electrons. The molecule has 3 nitrogen and oxygen atoms in total. The van der Waals surface area contributed by atoms with Gasteiger partial charge in [0, 0.05) is 5.69 Å². The standard InChI is InChI=1S/C16H24BrF2NO2Si/c1-15(2,3)23(4,5)22-10-12-6-8-13(9-7-12)20-14(21)16(18,19)11-17/h6-9H,10-11H2,1-5H3,(H,20,21). The van der Waals surface area contributed by atoms with Gasteiger partial charge < -0.3 is 9.74 Å². The molecule has 0 spiro atoms. The highest BCUT2D eigenvalue weighted by atomic mass is 79.9. The fourth-order valence-electron chi connectivity index (χ4n) is 1.45. The van der Waals surface area contributed by atoms with Crippen LogP contribution in [0.1, 0.15) is 26.3 Å². The molecule has 0 bridgehead atoms. The van der Waals surface area contributed by atoms with E-state index in [4.69, 9.17) is 4.43 Å². The highest BCUT2D eigenvalue weighted by molar-refractivity contribution is 9.09. The van der Waals surface area contributed by atoms with Gasteiger partial charge in [-0.3, -0.25) is 4.79 Å². The van der Waals surface area contributed by atoms with Crippen molar-refractivity contribution < 1.29 is 18.0 Å². The van der Waals surface area contributed by atoms with Crippen LogP contribution >= 0.6 is 15.9 Å². The van der Waals surface area contributed by atoms with E-state index in [1.165, 1.54) is 0 Å². The van der Waals surface area contributed by atoms with Crippen LogP contribution in [0.3, 0.4) is 0 Å². The normalized spacial score (nSPS) is 13.0. The molecule has 0 unspecified atom stereocenters. The minimum atomic E-state index is -3.43. The molecule has 23 heavy (non-hydrogen) atoms. The lowest BCUT2D eigenvalue weighted by molar-refractivity contribution is -0.136. The number of hydrogen-bond donors (Lipinski definition) is 1. The third kappa shape index (κ3) is 5.65. The molecule has 0 aliphatic heterocycles. The Kier molecular flexibility index (Phi) is 6.52. The summed E-state index contributed by atoms with van der Waals surface area (Å²) >= 11 is 2.63. The van der Waals surface area contributed by atoms with E-state index in [2.05, 4.69) is 55.1 Å². The molecule has 0 aliphatic carbocycles. The Bertz CT molecular complexity index is 542. The first kappa shape index (κ1) is 20.3. The van der Waals surface area contributed by atoms with Crippen molar-refractivity contribution in [3.63, 3.8) is 0 Å². The lowest BCUT2D eigenvalue weighted by Crippen LogP contribution is -2.40. The number of nitrogens with one attached hydrogen (secondary N) is 1. The summed E-state index contributed by atoms with van der Waals surface area (Å²) < 4.78 is 32.5. The zero-order chi connectivity index (χ0) is 17.9. The Morgan fingerprint density at radius 1 is 1.22 bits per heavy atom. The van der Waals surface area contributed by atoms with Crippen LogP contribution in [0.15, 0.2) is 24.3 Å². The number of benzene rings is 1. The Morgan fingerprint density at radius 2 is 1.74 bits per heavy atom. The zero-order valence-corrected chi connectivity index (χ0v) is 16.8. The molecule has 1 aromatic carbocycles. The van der Waals surface area contributed by atoms with E-state index in [-0.39, 0.29) is 5.04 Å². The van der Waals surface area contributed by atoms with Gasteiger partial charge in [-0.05, 0) is 35.8 Å². The number of carbonyl (C=O) groups excluding carboxylic acids is 1. The minimum absolute atomic E-state index is 0.127. The van der Waals surface area contributed by atoms with E-state index < -0.39 is 25.5 Å². The van der Waals surface area contributed by atoms with Crippen molar-refractivity contribution in [3.8, 4) is 0 Å². The van der Waals surface area contributed by atoms with Crippen molar-refractivity contribution in [2.45, 2.75) is 51.4 Å². The van der Waals surface area contributed by atoms with Gasteiger partial charge in [-0.1, -0.05) is 48.8 Å². The summed E-state index contributed by atoms with van der Waals surface area (Å²) in [6.07, 6.45) is 0. The van der Waals surface area contributed by atoms with Crippen LogP contribution in [0.5, 0.6) is 0 Å². The number of rotatable bonds is 6. The first-order chi connectivity index (χ1) is 10.4. The maximum Gasteiger partial charge on any atom is 0.334 e. The minimum Gasteiger partial charge on any atom is -0.413 e. The average molecular weight is 408 g/mol. The Balaban J connectivity index is 2.66. The van der Waals surface area contributed by atoms with E-state index >= 15 is 0 Å². The molecule has 0 atom stereocenters. The van der Waals surface area contributed by atoms with Gasteiger partial charge in [0.2, 0.25) is 0 Å². The SMILES string of the molecule is CC(C)(C)[Si](C)(C)OCc1ccc(NC(=O)C(F)(F)CBr)cc1. The van der Waals surface area contributed by atoms with Crippen LogP contribution in [-0.2, 0) is 15.8 Å². The Morgan fingerprint density at radius 3 is 2.17 bits per heavy atom.